The summed E-state index contributed by atoms with van der Waals surface area (Å²) < 4.78 is 13.7. The van der Waals surface area contributed by atoms with Crippen molar-refractivity contribution in [2.45, 2.75) is 24.3 Å². The zero-order chi connectivity index (χ0) is 16.9. The average molecular weight is 345 g/mol. The minimum Gasteiger partial charge on any atom is -0.348 e. The number of hydrogen-bond donors (Lipinski definition) is 2. The summed E-state index contributed by atoms with van der Waals surface area (Å²) in [4.78, 5) is 24.9. The van der Waals surface area contributed by atoms with E-state index in [0.29, 0.717) is 22.7 Å². The van der Waals surface area contributed by atoms with E-state index >= 15 is 0 Å². The van der Waals surface area contributed by atoms with E-state index < -0.39 is 17.3 Å². The first kappa shape index (κ1) is 15.1. The van der Waals surface area contributed by atoms with Crippen LogP contribution in [-0.4, -0.2) is 11.8 Å². The second kappa shape index (κ2) is 5.31. The standard InChI is InChI=1S/C18H14ClFN2O2/c19-11-4-5-13-14(9-11)21-17(24)18(13)7-6-15(23)22-16(18)10-2-1-3-12(20)8-10/h1-5,8-9,16H,6-7H2,(H,21,24)(H,22,23)/t16-,18-/m1/s1. The molecule has 2 aromatic rings. The zero-order valence-corrected chi connectivity index (χ0v) is 13.4. The number of rotatable bonds is 1. The van der Waals surface area contributed by atoms with Gasteiger partial charge in [0.2, 0.25) is 11.8 Å². The number of carbonyl (C=O) groups is 2. The van der Waals surface area contributed by atoms with Gasteiger partial charge < -0.3 is 10.6 Å². The van der Waals surface area contributed by atoms with Crippen molar-refractivity contribution in [1.29, 1.82) is 0 Å². The van der Waals surface area contributed by atoms with E-state index in [4.69, 9.17) is 11.6 Å². The van der Waals surface area contributed by atoms with Crippen molar-refractivity contribution >= 4 is 29.1 Å². The molecule has 0 saturated carbocycles. The number of benzene rings is 2. The second-order valence-electron chi connectivity index (χ2n) is 6.17. The molecular formula is C18H14ClFN2O2. The molecule has 0 radical (unpaired) electrons. The predicted molar refractivity (Wildman–Crippen MR) is 88.3 cm³/mol. The summed E-state index contributed by atoms with van der Waals surface area (Å²) >= 11 is 6.03. The van der Waals surface area contributed by atoms with Crippen LogP contribution in [0.15, 0.2) is 42.5 Å². The molecule has 2 aliphatic rings. The Kier molecular flexibility index (Phi) is 3.35. The first-order valence-corrected chi connectivity index (χ1v) is 8.05. The van der Waals surface area contributed by atoms with Crippen molar-refractivity contribution in [3.05, 3.63) is 64.4 Å². The molecule has 6 heteroatoms. The number of amides is 2. The molecule has 2 N–H and O–H groups in total. The summed E-state index contributed by atoms with van der Waals surface area (Å²) in [6, 6.07) is 10.6. The summed E-state index contributed by atoms with van der Waals surface area (Å²) in [5, 5.41) is 6.26. The highest BCUT2D eigenvalue weighted by Crippen LogP contribution is 2.51. The maximum absolute atomic E-state index is 13.7. The third-order valence-electron chi connectivity index (χ3n) is 4.84. The van der Waals surface area contributed by atoms with E-state index in [9.17, 15) is 14.0 Å². The van der Waals surface area contributed by atoms with Crippen LogP contribution >= 0.6 is 11.6 Å². The van der Waals surface area contributed by atoms with Gasteiger partial charge in [0.1, 0.15) is 11.2 Å². The molecule has 2 heterocycles. The Morgan fingerprint density at radius 3 is 2.79 bits per heavy atom. The van der Waals surface area contributed by atoms with Crippen molar-refractivity contribution in [2.75, 3.05) is 5.32 Å². The van der Waals surface area contributed by atoms with Gasteiger partial charge in [-0.05, 0) is 41.8 Å². The summed E-state index contributed by atoms with van der Waals surface area (Å²) in [6.45, 7) is 0. The fraction of sp³-hybridized carbons (Fsp3) is 0.222. The summed E-state index contributed by atoms with van der Waals surface area (Å²) in [5.41, 5.74) is 1.04. The van der Waals surface area contributed by atoms with Crippen molar-refractivity contribution in [2.24, 2.45) is 0 Å². The van der Waals surface area contributed by atoms with Crippen molar-refractivity contribution in [3.63, 3.8) is 0 Å². The lowest BCUT2D eigenvalue weighted by Crippen LogP contribution is -2.52. The Bertz CT molecular complexity index is 870. The van der Waals surface area contributed by atoms with Gasteiger partial charge in [0.15, 0.2) is 0 Å². The Morgan fingerprint density at radius 2 is 2.00 bits per heavy atom. The van der Waals surface area contributed by atoms with E-state index in [0.717, 1.165) is 5.56 Å². The van der Waals surface area contributed by atoms with Gasteiger partial charge in [0.25, 0.3) is 0 Å². The molecule has 2 amide bonds. The van der Waals surface area contributed by atoms with Crippen molar-refractivity contribution < 1.29 is 14.0 Å². The SMILES string of the molecule is O=C1CC[C@]2(C(=O)Nc3cc(Cl)ccc32)[C@@H](c2cccc(F)c2)N1. The minimum atomic E-state index is -0.957. The molecule has 0 bridgehead atoms. The van der Waals surface area contributed by atoms with Crippen LogP contribution in [0.2, 0.25) is 5.02 Å². The summed E-state index contributed by atoms with van der Waals surface area (Å²) in [7, 11) is 0. The smallest absolute Gasteiger partial charge is 0.237 e. The van der Waals surface area contributed by atoms with Crippen molar-refractivity contribution in [3.8, 4) is 0 Å². The fourth-order valence-corrected chi connectivity index (χ4v) is 3.94. The molecule has 2 aromatic carbocycles. The van der Waals surface area contributed by atoms with E-state index in [1.54, 1.807) is 30.3 Å². The molecule has 2 atom stereocenters. The van der Waals surface area contributed by atoms with E-state index in [-0.39, 0.29) is 18.2 Å². The largest absolute Gasteiger partial charge is 0.348 e. The molecule has 122 valence electrons. The molecule has 0 aliphatic carbocycles. The normalized spacial score (nSPS) is 25.3. The maximum atomic E-state index is 13.7. The van der Waals surface area contributed by atoms with Crippen LogP contribution in [0.25, 0.3) is 0 Å². The van der Waals surface area contributed by atoms with Gasteiger partial charge in [-0.15, -0.1) is 0 Å². The Morgan fingerprint density at radius 1 is 1.17 bits per heavy atom. The van der Waals surface area contributed by atoms with E-state index in [1.807, 2.05) is 0 Å². The van der Waals surface area contributed by atoms with Gasteiger partial charge in [-0.2, -0.15) is 0 Å². The van der Waals surface area contributed by atoms with Crippen LogP contribution in [-0.2, 0) is 15.0 Å². The van der Waals surface area contributed by atoms with E-state index in [2.05, 4.69) is 10.6 Å². The van der Waals surface area contributed by atoms with E-state index in [1.165, 1.54) is 12.1 Å². The topological polar surface area (TPSA) is 58.2 Å². The van der Waals surface area contributed by atoms with Gasteiger partial charge in [0, 0.05) is 17.1 Å². The molecule has 0 unspecified atom stereocenters. The van der Waals surface area contributed by atoms with Crippen LogP contribution in [0.1, 0.15) is 30.0 Å². The number of hydrogen-bond acceptors (Lipinski definition) is 2. The van der Waals surface area contributed by atoms with Crippen LogP contribution in [0.4, 0.5) is 10.1 Å². The van der Waals surface area contributed by atoms with Gasteiger partial charge in [-0.1, -0.05) is 29.8 Å². The summed E-state index contributed by atoms with van der Waals surface area (Å²) in [5.74, 6) is -0.753. The third kappa shape index (κ3) is 2.12. The first-order chi connectivity index (χ1) is 11.5. The van der Waals surface area contributed by atoms with Gasteiger partial charge >= 0.3 is 0 Å². The quantitative estimate of drug-likeness (QED) is 0.833. The molecule has 4 nitrogen and oxygen atoms in total. The number of nitrogens with one attached hydrogen (secondary N) is 2. The number of carbonyl (C=O) groups excluding carboxylic acids is 2. The Labute approximate surface area is 143 Å². The Balaban J connectivity index is 1.91. The van der Waals surface area contributed by atoms with Crippen LogP contribution in [0, 0.1) is 5.82 Å². The highest BCUT2D eigenvalue weighted by atomic mass is 35.5. The van der Waals surface area contributed by atoms with Crippen LogP contribution < -0.4 is 10.6 Å². The number of fused-ring (bicyclic) bond motifs is 2. The second-order valence-corrected chi connectivity index (χ2v) is 6.61. The molecule has 1 fully saturated rings. The zero-order valence-electron chi connectivity index (χ0n) is 12.6. The fourth-order valence-electron chi connectivity index (χ4n) is 3.77. The third-order valence-corrected chi connectivity index (χ3v) is 5.08. The predicted octanol–water partition coefficient (Wildman–Crippen LogP) is 3.32. The number of anilines is 1. The van der Waals surface area contributed by atoms with Gasteiger partial charge in [0.05, 0.1) is 6.04 Å². The molecule has 2 aliphatic heterocycles. The Hall–Kier alpha value is -2.40. The molecular weight excluding hydrogens is 331 g/mol. The molecule has 4 rings (SSSR count). The molecule has 24 heavy (non-hydrogen) atoms. The minimum absolute atomic E-state index is 0.148. The van der Waals surface area contributed by atoms with Crippen LogP contribution in [0.3, 0.4) is 0 Å². The number of halogens is 2. The van der Waals surface area contributed by atoms with Crippen LogP contribution in [0.5, 0.6) is 0 Å². The lowest BCUT2D eigenvalue weighted by molar-refractivity contribution is -0.130. The highest BCUT2D eigenvalue weighted by Gasteiger charge is 2.55. The average Bonchev–Trinajstić information content (AvgIpc) is 2.81. The lowest BCUT2D eigenvalue weighted by Gasteiger charge is -2.40. The highest BCUT2D eigenvalue weighted by molar-refractivity contribution is 6.31. The monoisotopic (exact) mass is 344 g/mol. The van der Waals surface area contributed by atoms with Crippen molar-refractivity contribution in [1.82, 2.24) is 5.32 Å². The number of piperidine rings is 1. The maximum Gasteiger partial charge on any atom is 0.237 e. The van der Waals surface area contributed by atoms with Gasteiger partial charge in [-0.3, -0.25) is 9.59 Å². The summed E-state index contributed by atoms with van der Waals surface area (Å²) in [6.07, 6.45) is 0.599. The van der Waals surface area contributed by atoms with Gasteiger partial charge in [-0.25, -0.2) is 4.39 Å². The molecule has 1 saturated heterocycles. The first-order valence-electron chi connectivity index (χ1n) is 7.67. The molecule has 0 aromatic heterocycles. The molecule has 1 spiro atoms. The lowest BCUT2D eigenvalue weighted by atomic mass is 9.67.